The standard InChI is InChI=1S/C15H18BrN3/c1-9(2)13-10(3)18-14(19-15(13)17-4)11-7-5-6-8-12(11)16/h5-9H,1-4H3,(H,17,18,19). The summed E-state index contributed by atoms with van der Waals surface area (Å²) >= 11 is 3.55. The molecule has 0 atom stereocenters. The highest BCUT2D eigenvalue weighted by molar-refractivity contribution is 9.10. The Balaban J connectivity index is 2.62. The summed E-state index contributed by atoms with van der Waals surface area (Å²) in [6, 6.07) is 8.01. The van der Waals surface area contributed by atoms with E-state index >= 15 is 0 Å². The van der Waals surface area contributed by atoms with Gasteiger partial charge in [-0.3, -0.25) is 0 Å². The number of anilines is 1. The molecule has 0 aliphatic heterocycles. The predicted molar refractivity (Wildman–Crippen MR) is 83.5 cm³/mol. The highest BCUT2D eigenvalue weighted by Gasteiger charge is 2.15. The van der Waals surface area contributed by atoms with Crippen LogP contribution in [0.5, 0.6) is 0 Å². The van der Waals surface area contributed by atoms with E-state index in [-0.39, 0.29) is 0 Å². The van der Waals surface area contributed by atoms with E-state index in [1.165, 1.54) is 5.56 Å². The van der Waals surface area contributed by atoms with Crippen molar-refractivity contribution in [1.29, 1.82) is 0 Å². The van der Waals surface area contributed by atoms with E-state index in [0.29, 0.717) is 5.92 Å². The number of benzene rings is 1. The van der Waals surface area contributed by atoms with Crippen molar-refractivity contribution in [2.45, 2.75) is 26.7 Å². The van der Waals surface area contributed by atoms with Gasteiger partial charge in [-0.2, -0.15) is 0 Å². The number of nitrogens with zero attached hydrogens (tertiary/aromatic N) is 2. The molecule has 0 unspecified atom stereocenters. The zero-order valence-electron chi connectivity index (χ0n) is 11.7. The summed E-state index contributed by atoms with van der Waals surface area (Å²) in [5.74, 6) is 2.06. The minimum Gasteiger partial charge on any atom is -0.373 e. The van der Waals surface area contributed by atoms with Crippen molar-refractivity contribution < 1.29 is 0 Å². The minimum atomic E-state index is 0.399. The van der Waals surface area contributed by atoms with Crippen molar-refractivity contribution in [3.8, 4) is 11.4 Å². The molecule has 19 heavy (non-hydrogen) atoms. The van der Waals surface area contributed by atoms with Crippen LogP contribution in [0.25, 0.3) is 11.4 Å². The maximum Gasteiger partial charge on any atom is 0.162 e. The van der Waals surface area contributed by atoms with Crippen molar-refractivity contribution >= 4 is 21.7 Å². The largest absolute Gasteiger partial charge is 0.373 e. The number of aryl methyl sites for hydroxylation is 1. The molecular weight excluding hydrogens is 302 g/mol. The van der Waals surface area contributed by atoms with Gasteiger partial charge in [-0.1, -0.05) is 48.0 Å². The van der Waals surface area contributed by atoms with Crippen LogP contribution >= 0.6 is 15.9 Å². The van der Waals surface area contributed by atoms with Crippen LogP contribution in [0, 0.1) is 6.92 Å². The molecular formula is C15H18BrN3. The van der Waals surface area contributed by atoms with E-state index in [9.17, 15) is 0 Å². The lowest BCUT2D eigenvalue weighted by atomic mass is 10.0. The van der Waals surface area contributed by atoms with Crippen LogP contribution in [0.1, 0.15) is 31.0 Å². The molecule has 1 aromatic carbocycles. The average Bonchev–Trinajstić information content (AvgIpc) is 2.37. The van der Waals surface area contributed by atoms with Gasteiger partial charge in [0.15, 0.2) is 5.82 Å². The molecule has 4 heteroatoms. The van der Waals surface area contributed by atoms with Crippen molar-refractivity contribution in [2.24, 2.45) is 0 Å². The maximum absolute atomic E-state index is 4.65. The van der Waals surface area contributed by atoms with Crippen LogP contribution in [0.2, 0.25) is 0 Å². The molecule has 0 bridgehead atoms. The molecule has 0 radical (unpaired) electrons. The van der Waals surface area contributed by atoms with Crippen LogP contribution in [0.3, 0.4) is 0 Å². The maximum atomic E-state index is 4.65. The third-order valence-electron chi connectivity index (χ3n) is 3.07. The molecule has 2 rings (SSSR count). The summed E-state index contributed by atoms with van der Waals surface area (Å²) in [5.41, 5.74) is 3.22. The highest BCUT2D eigenvalue weighted by atomic mass is 79.9. The van der Waals surface area contributed by atoms with Crippen molar-refractivity contribution in [3.05, 3.63) is 40.0 Å². The van der Waals surface area contributed by atoms with Crippen LogP contribution < -0.4 is 5.32 Å². The Hall–Kier alpha value is -1.42. The molecule has 1 N–H and O–H groups in total. The molecule has 1 aromatic heterocycles. The van der Waals surface area contributed by atoms with E-state index in [1.807, 2.05) is 38.2 Å². The summed E-state index contributed by atoms with van der Waals surface area (Å²) in [7, 11) is 1.90. The highest BCUT2D eigenvalue weighted by Crippen LogP contribution is 2.30. The van der Waals surface area contributed by atoms with E-state index in [1.54, 1.807) is 0 Å². The van der Waals surface area contributed by atoms with Crippen LogP contribution in [0.15, 0.2) is 28.7 Å². The van der Waals surface area contributed by atoms with Gasteiger partial charge in [-0.05, 0) is 18.9 Å². The van der Waals surface area contributed by atoms with E-state index < -0.39 is 0 Å². The summed E-state index contributed by atoms with van der Waals surface area (Å²) in [6.45, 7) is 6.35. The molecule has 2 aromatic rings. The van der Waals surface area contributed by atoms with Gasteiger partial charge in [0.2, 0.25) is 0 Å². The molecule has 1 heterocycles. The van der Waals surface area contributed by atoms with Crippen LogP contribution in [0.4, 0.5) is 5.82 Å². The topological polar surface area (TPSA) is 37.8 Å². The average molecular weight is 320 g/mol. The normalized spacial score (nSPS) is 10.8. The number of nitrogens with one attached hydrogen (secondary N) is 1. The summed E-state index contributed by atoms with van der Waals surface area (Å²) in [5, 5.41) is 3.18. The monoisotopic (exact) mass is 319 g/mol. The molecule has 100 valence electrons. The predicted octanol–water partition coefficient (Wildman–Crippen LogP) is 4.38. The number of aromatic nitrogens is 2. The molecule has 0 saturated heterocycles. The molecule has 0 aliphatic rings. The third-order valence-corrected chi connectivity index (χ3v) is 3.76. The first-order valence-electron chi connectivity index (χ1n) is 6.35. The molecule has 0 saturated carbocycles. The molecule has 0 fully saturated rings. The number of halogens is 1. The zero-order chi connectivity index (χ0) is 14.0. The lowest BCUT2D eigenvalue weighted by molar-refractivity contribution is 0.833. The Labute approximate surface area is 122 Å². The van der Waals surface area contributed by atoms with Gasteiger partial charge in [0.25, 0.3) is 0 Å². The second kappa shape index (κ2) is 5.70. The van der Waals surface area contributed by atoms with E-state index in [4.69, 9.17) is 0 Å². The fourth-order valence-corrected chi connectivity index (χ4v) is 2.69. The van der Waals surface area contributed by atoms with Gasteiger partial charge in [0, 0.05) is 28.3 Å². The quantitative estimate of drug-likeness (QED) is 0.912. The van der Waals surface area contributed by atoms with E-state index in [2.05, 4.69) is 45.1 Å². The smallest absolute Gasteiger partial charge is 0.162 e. The van der Waals surface area contributed by atoms with Gasteiger partial charge >= 0.3 is 0 Å². The summed E-state index contributed by atoms with van der Waals surface area (Å²) < 4.78 is 1.01. The van der Waals surface area contributed by atoms with Gasteiger partial charge in [-0.25, -0.2) is 9.97 Å². The minimum absolute atomic E-state index is 0.399. The van der Waals surface area contributed by atoms with E-state index in [0.717, 1.165) is 27.4 Å². The SMILES string of the molecule is CNc1nc(-c2ccccc2Br)nc(C)c1C(C)C. The number of rotatable bonds is 3. The summed E-state index contributed by atoms with van der Waals surface area (Å²) in [6.07, 6.45) is 0. The Morgan fingerprint density at radius 3 is 2.42 bits per heavy atom. The van der Waals surface area contributed by atoms with Gasteiger partial charge < -0.3 is 5.32 Å². The molecule has 0 spiro atoms. The van der Waals surface area contributed by atoms with Crippen LogP contribution in [-0.2, 0) is 0 Å². The number of hydrogen-bond acceptors (Lipinski definition) is 3. The third kappa shape index (κ3) is 2.78. The van der Waals surface area contributed by atoms with Crippen molar-refractivity contribution in [2.75, 3.05) is 12.4 Å². The Bertz CT molecular complexity index is 594. The first-order valence-corrected chi connectivity index (χ1v) is 7.15. The molecule has 0 aliphatic carbocycles. The fraction of sp³-hybridized carbons (Fsp3) is 0.333. The lowest BCUT2D eigenvalue weighted by Crippen LogP contribution is -2.07. The molecule has 3 nitrogen and oxygen atoms in total. The second-order valence-electron chi connectivity index (χ2n) is 4.78. The fourth-order valence-electron chi connectivity index (χ4n) is 2.23. The van der Waals surface area contributed by atoms with Crippen molar-refractivity contribution in [3.63, 3.8) is 0 Å². The number of hydrogen-bond donors (Lipinski definition) is 1. The Morgan fingerprint density at radius 1 is 1.16 bits per heavy atom. The lowest BCUT2D eigenvalue weighted by Gasteiger charge is -2.16. The van der Waals surface area contributed by atoms with Crippen LogP contribution in [-0.4, -0.2) is 17.0 Å². The van der Waals surface area contributed by atoms with Gasteiger partial charge in [-0.15, -0.1) is 0 Å². The first kappa shape index (κ1) is 14.0. The zero-order valence-corrected chi connectivity index (χ0v) is 13.2. The Kier molecular flexibility index (Phi) is 4.20. The first-order chi connectivity index (χ1) is 9.04. The molecule has 0 amide bonds. The van der Waals surface area contributed by atoms with Gasteiger partial charge in [0.1, 0.15) is 5.82 Å². The second-order valence-corrected chi connectivity index (χ2v) is 5.63. The van der Waals surface area contributed by atoms with Gasteiger partial charge in [0.05, 0.1) is 0 Å². The summed E-state index contributed by atoms with van der Waals surface area (Å²) in [4.78, 5) is 9.31. The Morgan fingerprint density at radius 2 is 1.84 bits per heavy atom. The van der Waals surface area contributed by atoms with Crippen molar-refractivity contribution in [1.82, 2.24) is 9.97 Å².